The first-order valence-corrected chi connectivity index (χ1v) is 7.15. The molecule has 0 amide bonds. The van der Waals surface area contributed by atoms with Gasteiger partial charge in [-0.1, -0.05) is 25.4 Å². The summed E-state index contributed by atoms with van der Waals surface area (Å²) < 4.78 is 18.8. The van der Waals surface area contributed by atoms with Crippen LogP contribution in [0.25, 0.3) is 0 Å². The Bertz CT molecular complexity index is 632. The SMILES string of the molecule is CNCc1cc(Oc2ccc(F)cc2Cl)nc(C(C)C)c1. The summed E-state index contributed by atoms with van der Waals surface area (Å²) in [5.74, 6) is 0.738. The third kappa shape index (κ3) is 4.16. The Labute approximate surface area is 129 Å². The molecule has 0 aliphatic rings. The number of hydrogen-bond acceptors (Lipinski definition) is 3. The Morgan fingerprint density at radius 1 is 1.29 bits per heavy atom. The highest BCUT2D eigenvalue weighted by Gasteiger charge is 2.10. The zero-order chi connectivity index (χ0) is 15.4. The first kappa shape index (κ1) is 15.7. The highest BCUT2D eigenvalue weighted by atomic mass is 35.5. The molecule has 0 atom stereocenters. The van der Waals surface area contributed by atoms with E-state index in [9.17, 15) is 4.39 Å². The number of pyridine rings is 1. The van der Waals surface area contributed by atoms with Crippen molar-refractivity contribution >= 4 is 11.6 Å². The second-order valence-corrected chi connectivity index (χ2v) is 5.51. The van der Waals surface area contributed by atoms with E-state index in [0.29, 0.717) is 11.6 Å². The van der Waals surface area contributed by atoms with Gasteiger partial charge in [0.25, 0.3) is 0 Å². The highest BCUT2D eigenvalue weighted by molar-refractivity contribution is 6.32. The van der Waals surface area contributed by atoms with Crippen LogP contribution in [-0.4, -0.2) is 12.0 Å². The lowest BCUT2D eigenvalue weighted by Gasteiger charge is -2.12. The summed E-state index contributed by atoms with van der Waals surface area (Å²) in [5.41, 5.74) is 2.01. The molecule has 0 aliphatic carbocycles. The van der Waals surface area contributed by atoms with Gasteiger partial charge in [-0.15, -0.1) is 0 Å². The quantitative estimate of drug-likeness (QED) is 0.882. The number of benzene rings is 1. The third-order valence-corrected chi connectivity index (χ3v) is 3.26. The van der Waals surface area contributed by atoms with Gasteiger partial charge in [-0.2, -0.15) is 0 Å². The number of hydrogen-bond donors (Lipinski definition) is 1. The van der Waals surface area contributed by atoms with Crippen LogP contribution in [-0.2, 0) is 6.54 Å². The zero-order valence-corrected chi connectivity index (χ0v) is 13.0. The maximum Gasteiger partial charge on any atom is 0.219 e. The van der Waals surface area contributed by atoms with Crippen molar-refractivity contribution in [3.05, 3.63) is 52.4 Å². The maximum atomic E-state index is 13.1. The first-order valence-electron chi connectivity index (χ1n) is 6.78. The molecule has 0 spiro atoms. The van der Waals surface area contributed by atoms with Gasteiger partial charge in [0.05, 0.1) is 5.02 Å². The van der Waals surface area contributed by atoms with E-state index in [2.05, 4.69) is 24.1 Å². The van der Waals surface area contributed by atoms with Crippen LogP contribution in [0.1, 0.15) is 31.0 Å². The van der Waals surface area contributed by atoms with Gasteiger partial charge in [0.15, 0.2) is 0 Å². The minimum atomic E-state index is -0.396. The van der Waals surface area contributed by atoms with Gasteiger partial charge in [-0.25, -0.2) is 9.37 Å². The molecule has 0 saturated heterocycles. The monoisotopic (exact) mass is 308 g/mol. The number of ether oxygens (including phenoxy) is 1. The van der Waals surface area contributed by atoms with E-state index < -0.39 is 5.82 Å². The number of nitrogens with one attached hydrogen (secondary N) is 1. The summed E-state index contributed by atoms with van der Waals surface area (Å²) in [7, 11) is 1.88. The molecule has 0 radical (unpaired) electrons. The van der Waals surface area contributed by atoms with Crippen LogP contribution < -0.4 is 10.1 Å². The number of aromatic nitrogens is 1. The lowest BCUT2D eigenvalue weighted by atomic mass is 10.1. The van der Waals surface area contributed by atoms with E-state index in [-0.39, 0.29) is 10.9 Å². The van der Waals surface area contributed by atoms with Gasteiger partial charge < -0.3 is 10.1 Å². The lowest BCUT2D eigenvalue weighted by Crippen LogP contribution is -2.07. The van der Waals surface area contributed by atoms with Gasteiger partial charge in [-0.05, 0) is 42.8 Å². The summed E-state index contributed by atoms with van der Waals surface area (Å²) in [6.45, 7) is 4.86. The molecule has 3 nitrogen and oxygen atoms in total. The van der Waals surface area contributed by atoms with E-state index >= 15 is 0 Å². The van der Waals surface area contributed by atoms with Gasteiger partial charge >= 0.3 is 0 Å². The third-order valence-electron chi connectivity index (χ3n) is 2.96. The predicted molar refractivity (Wildman–Crippen MR) is 82.6 cm³/mol. The first-order chi connectivity index (χ1) is 9.99. The number of halogens is 2. The Morgan fingerprint density at radius 3 is 2.67 bits per heavy atom. The normalized spacial score (nSPS) is 11.0. The van der Waals surface area contributed by atoms with Crippen LogP contribution in [0.2, 0.25) is 5.02 Å². The van der Waals surface area contributed by atoms with Crippen LogP contribution in [0.3, 0.4) is 0 Å². The summed E-state index contributed by atoms with van der Waals surface area (Å²) in [6.07, 6.45) is 0. The van der Waals surface area contributed by atoms with Gasteiger partial charge in [-0.3, -0.25) is 0 Å². The van der Waals surface area contributed by atoms with Crippen molar-refractivity contribution in [1.82, 2.24) is 10.3 Å². The maximum absolute atomic E-state index is 13.1. The van der Waals surface area contributed by atoms with E-state index in [1.165, 1.54) is 18.2 Å². The minimum Gasteiger partial charge on any atom is -0.437 e. The van der Waals surface area contributed by atoms with Gasteiger partial charge in [0.1, 0.15) is 11.6 Å². The summed E-state index contributed by atoms with van der Waals surface area (Å²) in [5, 5.41) is 3.33. The smallest absolute Gasteiger partial charge is 0.219 e. The van der Waals surface area contributed by atoms with Gasteiger partial charge in [0, 0.05) is 18.3 Å². The van der Waals surface area contributed by atoms with Crippen molar-refractivity contribution in [2.75, 3.05) is 7.05 Å². The molecular formula is C16H18ClFN2O. The van der Waals surface area contributed by atoms with Crippen LogP contribution in [0, 0.1) is 5.82 Å². The van der Waals surface area contributed by atoms with E-state index in [1.54, 1.807) is 0 Å². The Balaban J connectivity index is 2.33. The number of rotatable bonds is 5. The van der Waals surface area contributed by atoms with Crippen molar-refractivity contribution < 1.29 is 9.13 Å². The van der Waals surface area contributed by atoms with Crippen molar-refractivity contribution in [1.29, 1.82) is 0 Å². The molecule has 1 heterocycles. The van der Waals surface area contributed by atoms with E-state index in [1.807, 2.05) is 19.2 Å². The van der Waals surface area contributed by atoms with E-state index in [0.717, 1.165) is 17.8 Å². The molecule has 1 aromatic carbocycles. The molecule has 2 rings (SSSR count). The molecule has 1 aromatic heterocycles. The molecule has 0 aliphatic heterocycles. The van der Waals surface area contributed by atoms with E-state index in [4.69, 9.17) is 16.3 Å². The largest absolute Gasteiger partial charge is 0.437 e. The van der Waals surface area contributed by atoms with Crippen molar-refractivity contribution in [3.8, 4) is 11.6 Å². The van der Waals surface area contributed by atoms with Crippen LogP contribution in [0.4, 0.5) is 4.39 Å². The van der Waals surface area contributed by atoms with Crippen molar-refractivity contribution in [2.45, 2.75) is 26.3 Å². The fourth-order valence-electron chi connectivity index (χ4n) is 1.91. The summed E-state index contributed by atoms with van der Waals surface area (Å²) in [4.78, 5) is 4.47. The summed E-state index contributed by atoms with van der Waals surface area (Å²) >= 11 is 5.98. The molecule has 5 heteroatoms. The molecule has 0 fully saturated rings. The summed E-state index contributed by atoms with van der Waals surface area (Å²) in [6, 6.07) is 7.92. The predicted octanol–water partition coefficient (Wildman–Crippen LogP) is 4.51. The fraction of sp³-hybridized carbons (Fsp3) is 0.312. The molecule has 112 valence electrons. The van der Waals surface area contributed by atoms with Crippen LogP contribution in [0.15, 0.2) is 30.3 Å². The molecule has 21 heavy (non-hydrogen) atoms. The Morgan fingerprint density at radius 2 is 2.05 bits per heavy atom. The number of nitrogens with zero attached hydrogens (tertiary/aromatic N) is 1. The van der Waals surface area contributed by atoms with Crippen LogP contribution >= 0.6 is 11.6 Å². The molecular weight excluding hydrogens is 291 g/mol. The zero-order valence-electron chi connectivity index (χ0n) is 12.3. The highest BCUT2D eigenvalue weighted by Crippen LogP contribution is 2.30. The van der Waals surface area contributed by atoms with Crippen molar-refractivity contribution in [3.63, 3.8) is 0 Å². The molecule has 0 saturated carbocycles. The molecule has 2 aromatic rings. The second-order valence-electron chi connectivity index (χ2n) is 5.10. The standard InChI is InChI=1S/C16H18ClFN2O/c1-10(2)14-6-11(9-19-3)7-16(20-14)21-15-5-4-12(18)8-13(15)17/h4-8,10,19H,9H2,1-3H3. The molecule has 0 bridgehead atoms. The molecule has 1 N–H and O–H groups in total. The average molecular weight is 309 g/mol. The lowest BCUT2D eigenvalue weighted by molar-refractivity contribution is 0.457. The minimum absolute atomic E-state index is 0.224. The van der Waals surface area contributed by atoms with Crippen molar-refractivity contribution in [2.24, 2.45) is 0 Å². The van der Waals surface area contributed by atoms with Gasteiger partial charge in [0.2, 0.25) is 5.88 Å². The average Bonchev–Trinajstić information content (AvgIpc) is 2.42. The second kappa shape index (κ2) is 6.87. The Kier molecular flexibility index (Phi) is 5.15. The topological polar surface area (TPSA) is 34.1 Å². The van der Waals surface area contributed by atoms with Crippen LogP contribution in [0.5, 0.6) is 11.6 Å². The fourth-order valence-corrected chi connectivity index (χ4v) is 2.11. The Hall–Kier alpha value is -1.65. The molecule has 0 unspecified atom stereocenters.